The molecular formula is C12H15NO2. The summed E-state index contributed by atoms with van der Waals surface area (Å²) in [5.74, 6) is 0.802. The standard InChI is InChI=1S/C12H15NO2/c1-3-10(14)8-7-13-9-5-4-6-11(15-2)12(8)9/h4-7,10,13-14H,3H2,1-2H3/t10-/m0/s1. The number of H-pyrrole nitrogens is 1. The van der Waals surface area contributed by atoms with Crippen molar-refractivity contribution in [3.8, 4) is 5.75 Å². The Morgan fingerprint density at radius 1 is 1.47 bits per heavy atom. The molecule has 3 heteroatoms. The molecule has 0 spiro atoms. The molecule has 0 amide bonds. The Balaban J connectivity index is 2.65. The van der Waals surface area contributed by atoms with Gasteiger partial charge in [-0.25, -0.2) is 0 Å². The van der Waals surface area contributed by atoms with E-state index in [9.17, 15) is 5.11 Å². The quantitative estimate of drug-likeness (QED) is 0.809. The molecule has 1 aromatic heterocycles. The number of methoxy groups -OCH3 is 1. The number of aromatic nitrogens is 1. The Bertz CT molecular complexity index is 462. The van der Waals surface area contributed by atoms with Crippen molar-refractivity contribution in [1.82, 2.24) is 4.98 Å². The van der Waals surface area contributed by atoms with Crippen molar-refractivity contribution < 1.29 is 9.84 Å². The van der Waals surface area contributed by atoms with Crippen LogP contribution in [-0.2, 0) is 0 Å². The van der Waals surface area contributed by atoms with Crippen LogP contribution in [0.5, 0.6) is 5.75 Å². The van der Waals surface area contributed by atoms with E-state index in [4.69, 9.17) is 4.74 Å². The molecule has 0 bridgehead atoms. The van der Waals surface area contributed by atoms with E-state index in [1.54, 1.807) is 7.11 Å². The second-order valence-corrected chi connectivity index (χ2v) is 3.55. The molecule has 1 aromatic carbocycles. The Morgan fingerprint density at radius 3 is 2.93 bits per heavy atom. The summed E-state index contributed by atoms with van der Waals surface area (Å²) in [7, 11) is 1.64. The van der Waals surface area contributed by atoms with Crippen molar-refractivity contribution in [3.05, 3.63) is 30.0 Å². The third-order valence-corrected chi connectivity index (χ3v) is 2.66. The molecule has 0 aliphatic carbocycles. The van der Waals surface area contributed by atoms with Crippen molar-refractivity contribution in [1.29, 1.82) is 0 Å². The van der Waals surface area contributed by atoms with Gasteiger partial charge in [0.1, 0.15) is 5.75 Å². The highest BCUT2D eigenvalue weighted by Gasteiger charge is 2.14. The second-order valence-electron chi connectivity index (χ2n) is 3.55. The third-order valence-electron chi connectivity index (χ3n) is 2.66. The molecule has 2 aromatic rings. The zero-order chi connectivity index (χ0) is 10.8. The van der Waals surface area contributed by atoms with Gasteiger partial charge in [-0.2, -0.15) is 0 Å². The monoisotopic (exact) mass is 205 g/mol. The summed E-state index contributed by atoms with van der Waals surface area (Å²) < 4.78 is 5.29. The first kappa shape index (κ1) is 10.1. The first-order valence-electron chi connectivity index (χ1n) is 5.10. The average Bonchev–Trinajstić information content (AvgIpc) is 2.71. The predicted molar refractivity (Wildman–Crippen MR) is 60.1 cm³/mol. The molecular weight excluding hydrogens is 190 g/mol. The number of benzene rings is 1. The number of aromatic amines is 1. The van der Waals surface area contributed by atoms with E-state index in [1.807, 2.05) is 31.3 Å². The number of fused-ring (bicyclic) bond motifs is 1. The van der Waals surface area contributed by atoms with Crippen LogP contribution >= 0.6 is 0 Å². The fraction of sp³-hybridized carbons (Fsp3) is 0.333. The molecule has 0 aliphatic heterocycles. The third kappa shape index (κ3) is 1.59. The van der Waals surface area contributed by atoms with Crippen molar-refractivity contribution in [2.24, 2.45) is 0 Å². The Hall–Kier alpha value is -1.48. The minimum atomic E-state index is -0.435. The van der Waals surface area contributed by atoms with Crippen molar-refractivity contribution >= 4 is 10.9 Å². The molecule has 2 N–H and O–H groups in total. The lowest BCUT2D eigenvalue weighted by Gasteiger charge is -2.08. The summed E-state index contributed by atoms with van der Waals surface area (Å²) in [6.07, 6.45) is 2.11. The molecule has 0 radical (unpaired) electrons. The summed E-state index contributed by atoms with van der Waals surface area (Å²) in [5.41, 5.74) is 1.90. The van der Waals surface area contributed by atoms with Gasteiger partial charge in [0.25, 0.3) is 0 Å². The lowest BCUT2D eigenvalue weighted by atomic mass is 10.1. The summed E-state index contributed by atoms with van der Waals surface area (Å²) in [6, 6.07) is 5.81. The van der Waals surface area contributed by atoms with Crippen molar-refractivity contribution in [2.45, 2.75) is 19.4 Å². The zero-order valence-electron chi connectivity index (χ0n) is 8.95. The normalized spacial score (nSPS) is 13.0. The molecule has 1 heterocycles. The van der Waals surface area contributed by atoms with Gasteiger partial charge in [0.15, 0.2) is 0 Å². The Kier molecular flexibility index (Phi) is 2.64. The molecule has 1 atom stereocenters. The van der Waals surface area contributed by atoms with Gasteiger partial charge in [-0.15, -0.1) is 0 Å². The van der Waals surface area contributed by atoms with E-state index in [0.717, 1.165) is 22.2 Å². The van der Waals surface area contributed by atoms with Gasteiger partial charge in [-0.05, 0) is 18.6 Å². The van der Waals surface area contributed by atoms with Gasteiger partial charge in [-0.3, -0.25) is 0 Å². The number of hydrogen-bond acceptors (Lipinski definition) is 2. The van der Waals surface area contributed by atoms with Gasteiger partial charge >= 0.3 is 0 Å². The van der Waals surface area contributed by atoms with Crippen LogP contribution in [0.3, 0.4) is 0 Å². The van der Waals surface area contributed by atoms with Crippen LogP contribution in [0.25, 0.3) is 10.9 Å². The summed E-state index contributed by atoms with van der Waals surface area (Å²) in [4.78, 5) is 3.14. The second kappa shape index (κ2) is 3.95. The first-order valence-corrected chi connectivity index (χ1v) is 5.10. The van der Waals surface area contributed by atoms with Crippen LogP contribution in [0.4, 0.5) is 0 Å². The van der Waals surface area contributed by atoms with E-state index in [1.165, 1.54) is 0 Å². The Labute approximate surface area is 88.7 Å². The molecule has 0 saturated heterocycles. The van der Waals surface area contributed by atoms with Crippen molar-refractivity contribution in [3.63, 3.8) is 0 Å². The van der Waals surface area contributed by atoms with E-state index in [-0.39, 0.29) is 0 Å². The van der Waals surface area contributed by atoms with Crippen LogP contribution in [-0.4, -0.2) is 17.2 Å². The van der Waals surface area contributed by atoms with Crippen molar-refractivity contribution in [2.75, 3.05) is 7.11 Å². The molecule has 15 heavy (non-hydrogen) atoms. The predicted octanol–water partition coefficient (Wildman–Crippen LogP) is 2.62. The molecule has 0 fully saturated rings. The Morgan fingerprint density at radius 2 is 2.27 bits per heavy atom. The van der Waals surface area contributed by atoms with Gasteiger partial charge in [-0.1, -0.05) is 13.0 Å². The van der Waals surface area contributed by atoms with Gasteiger partial charge < -0.3 is 14.8 Å². The summed E-state index contributed by atoms with van der Waals surface area (Å²) in [6.45, 7) is 1.96. The van der Waals surface area contributed by atoms with E-state index in [0.29, 0.717) is 6.42 Å². The highest BCUT2D eigenvalue weighted by molar-refractivity contribution is 5.89. The van der Waals surface area contributed by atoms with E-state index in [2.05, 4.69) is 4.98 Å². The van der Waals surface area contributed by atoms with Crippen LogP contribution < -0.4 is 4.74 Å². The lowest BCUT2D eigenvalue weighted by Crippen LogP contribution is -1.94. The zero-order valence-corrected chi connectivity index (χ0v) is 8.95. The minimum absolute atomic E-state index is 0.435. The average molecular weight is 205 g/mol. The van der Waals surface area contributed by atoms with Gasteiger partial charge in [0.05, 0.1) is 13.2 Å². The van der Waals surface area contributed by atoms with Crippen LogP contribution in [0.2, 0.25) is 0 Å². The SMILES string of the molecule is CC[C@H](O)c1c[nH]c2cccc(OC)c12. The van der Waals surface area contributed by atoms with Gasteiger partial charge in [0, 0.05) is 22.7 Å². The molecule has 2 rings (SSSR count). The minimum Gasteiger partial charge on any atom is -0.496 e. The number of nitrogens with one attached hydrogen (secondary N) is 1. The molecule has 0 saturated carbocycles. The summed E-state index contributed by atoms with van der Waals surface area (Å²) >= 11 is 0. The molecule has 0 unspecified atom stereocenters. The maximum absolute atomic E-state index is 9.86. The van der Waals surface area contributed by atoms with E-state index < -0.39 is 6.10 Å². The van der Waals surface area contributed by atoms with Crippen LogP contribution in [0, 0.1) is 0 Å². The highest BCUT2D eigenvalue weighted by Crippen LogP contribution is 2.32. The maximum atomic E-state index is 9.86. The van der Waals surface area contributed by atoms with Crippen LogP contribution in [0.15, 0.2) is 24.4 Å². The number of aliphatic hydroxyl groups is 1. The number of rotatable bonds is 3. The van der Waals surface area contributed by atoms with E-state index >= 15 is 0 Å². The maximum Gasteiger partial charge on any atom is 0.128 e. The molecule has 0 aliphatic rings. The topological polar surface area (TPSA) is 45.2 Å². The summed E-state index contributed by atoms with van der Waals surface area (Å²) in [5, 5.41) is 10.8. The number of ether oxygens (including phenoxy) is 1. The first-order chi connectivity index (χ1) is 7.27. The largest absolute Gasteiger partial charge is 0.496 e. The highest BCUT2D eigenvalue weighted by atomic mass is 16.5. The number of hydrogen-bond donors (Lipinski definition) is 2. The fourth-order valence-corrected chi connectivity index (χ4v) is 1.83. The van der Waals surface area contributed by atoms with Crippen LogP contribution in [0.1, 0.15) is 25.0 Å². The van der Waals surface area contributed by atoms with Gasteiger partial charge in [0.2, 0.25) is 0 Å². The smallest absolute Gasteiger partial charge is 0.128 e. The number of aliphatic hydroxyl groups excluding tert-OH is 1. The molecule has 3 nitrogen and oxygen atoms in total. The fourth-order valence-electron chi connectivity index (χ4n) is 1.83. The lowest BCUT2D eigenvalue weighted by molar-refractivity contribution is 0.175. The molecule has 80 valence electrons.